The molecule has 5 nitrogen and oxygen atoms in total. The minimum absolute atomic E-state index is 0.102. The minimum Gasteiger partial charge on any atom is -0.312 e. The van der Waals surface area contributed by atoms with Crippen molar-refractivity contribution in [3.05, 3.63) is 41.5 Å². The van der Waals surface area contributed by atoms with E-state index in [9.17, 15) is 9.59 Å². The first-order valence-electron chi connectivity index (χ1n) is 12.0. The van der Waals surface area contributed by atoms with E-state index in [1.807, 2.05) is 29.2 Å². The molecule has 1 aromatic rings. The van der Waals surface area contributed by atoms with Crippen molar-refractivity contribution >= 4 is 17.6 Å². The molecule has 2 heterocycles. The maximum atomic E-state index is 13.1. The van der Waals surface area contributed by atoms with Crippen LogP contribution in [0.1, 0.15) is 52.0 Å². The zero-order valence-electron chi connectivity index (χ0n) is 19.1. The highest BCUT2D eigenvalue weighted by molar-refractivity contribution is 6.19. The van der Waals surface area contributed by atoms with Gasteiger partial charge in [0.1, 0.15) is 6.54 Å². The first-order valence-corrected chi connectivity index (χ1v) is 12.0. The number of urea groups is 1. The van der Waals surface area contributed by atoms with Crippen LogP contribution in [0.4, 0.5) is 10.5 Å². The molecule has 0 unspecified atom stereocenters. The Kier molecular flexibility index (Phi) is 5.20. The van der Waals surface area contributed by atoms with Gasteiger partial charge in [-0.25, -0.2) is 9.69 Å². The van der Waals surface area contributed by atoms with Gasteiger partial charge in [0.15, 0.2) is 0 Å². The minimum atomic E-state index is -0.144. The van der Waals surface area contributed by atoms with Crippen LogP contribution >= 0.6 is 0 Å². The van der Waals surface area contributed by atoms with Crippen LogP contribution in [-0.4, -0.2) is 54.0 Å². The van der Waals surface area contributed by atoms with Crippen molar-refractivity contribution in [3.63, 3.8) is 0 Å². The topological polar surface area (TPSA) is 43.9 Å². The van der Waals surface area contributed by atoms with Gasteiger partial charge < -0.3 is 4.90 Å². The van der Waals surface area contributed by atoms with Crippen LogP contribution in [0, 0.1) is 17.3 Å². The summed E-state index contributed by atoms with van der Waals surface area (Å²) in [5.41, 5.74) is 3.96. The Morgan fingerprint density at radius 1 is 1.13 bits per heavy atom. The number of rotatable bonds is 5. The standard InChI is InChI=1S/C26H35N3O2/c1-4-18-6-5-7-22(14-18)29-24(30)17-28(25(29)31)21-10-12-27(13-11-21)16-19-8-9-20-15-23(19)26(20,2)3/h5-8,14,20-21,23H,4,9-13,15-17H2,1-3H3/t20-,23-/m0/s1. The molecular weight excluding hydrogens is 386 g/mol. The number of carbonyl (C=O) groups is 2. The van der Waals surface area contributed by atoms with Crippen molar-refractivity contribution in [1.29, 1.82) is 0 Å². The van der Waals surface area contributed by atoms with Crippen LogP contribution in [0.2, 0.25) is 0 Å². The normalized spacial score (nSPS) is 28.7. The van der Waals surface area contributed by atoms with Crippen molar-refractivity contribution in [3.8, 4) is 0 Å². The Labute approximate surface area is 186 Å². The lowest BCUT2D eigenvalue weighted by Gasteiger charge is -2.57. The second-order valence-corrected chi connectivity index (χ2v) is 10.5. The highest BCUT2D eigenvalue weighted by Crippen LogP contribution is 2.59. The molecule has 2 saturated heterocycles. The van der Waals surface area contributed by atoms with Gasteiger partial charge in [0.25, 0.3) is 5.91 Å². The number of hydrogen-bond donors (Lipinski definition) is 0. The first kappa shape index (κ1) is 20.7. The Bertz CT molecular complexity index is 913. The van der Waals surface area contributed by atoms with E-state index < -0.39 is 0 Å². The van der Waals surface area contributed by atoms with Crippen LogP contribution in [0.25, 0.3) is 0 Å². The molecule has 31 heavy (non-hydrogen) atoms. The second kappa shape index (κ2) is 7.77. The van der Waals surface area contributed by atoms with Gasteiger partial charge in [-0.3, -0.25) is 9.69 Å². The molecule has 0 N–H and O–H groups in total. The van der Waals surface area contributed by atoms with Gasteiger partial charge in [-0.1, -0.05) is 44.6 Å². The lowest BCUT2D eigenvalue weighted by Crippen LogP contribution is -2.51. The van der Waals surface area contributed by atoms with Gasteiger partial charge in [0, 0.05) is 25.7 Å². The number of likely N-dealkylation sites (tertiary alicyclic amines) is 1. The van der Waals surface area contributed by atoms with Crippen molar-refractivity contribution in [2.45, 2.75) is 58.9 Å². The van der Waals surface area contributed by atoms with E-state index in [0.29, 0.717) is 11.1 Å². The largest absolute Gasteiger partial charge is 0.332 e. The quantitative estimate of drug-likeness (QED) is 0.520. The van der Waals surface area contributed by atoms with E-state index in [2.05, 4.69) is 31.7 Å². The number of imide groups is 1. The molecule has 0 aromatic heterocycles. The molecule has 3 amide bonds. The van der Waals surface area contributed by atoms with Crippen molar-refractivity contribution in [2.24, 2.45) is 17.3 Å². The predicted octanol–water partition coefficient (Wildman–Crippen LogP) is 4.47. The number of piperidine rings is 1. The molecule has 166 valence electrons. The third-order valence-electron chi connectivity index (χ3n) is 8.56. The molecule has 2 aliphatic heterocycles. The smallest absolute Gasteiger partial charge is 0.312 e. The molecule has 1 saturated carbocycles. The molecular formula is C26H35N3O2. The van der Waals surface area contributed by atoms with Gasteiger partial charge in [0.2, 0.25) is 0 Å². The van der Waals surface area contributed by atoms with Gasteiger partial charge in [0.05, 0.1) is 5.69 Å². The lowest BCUT2D eigenvalue weighted by molar-refractivity contribution is -0.116. The molecule has 5 aliphatic rings. The molecule has 5 heteroatoms. The van der Waals surface area contributed by atoms with E-state index in [4.69, 9.17) is 0 Å². The first-order chi connectivity index (χ1) is 14.9. The third-order valence-corrected chi connectivity index (χ3v) is 8.56. The number of nitrogens with zero attached hydrogens (tertiary/aromatic N) is 3. The lowest BCUT2D eigenvalue weighted by atomic mass is 9.49. The Morgan fingerprint density at radius 2 is 1.90 bits per heavy atom. The molecule has 0 spiro atoms. The zero-order chi connectivity index (χ0) is 21.8. The number of allylic oxidation sites excluding steroid dienone is 1. The van der Waals surface area contributed by atoms with Gasteiger partial charge >= 0.3 is 6.03 Å². The molecule has 6 rings (SSSR count). The third kappa shape index (κ3) is 3.51. The summed E-state index contributed by atoms with van der Waals surface area (Å²) in [7, 11) is 0. The average molecular weight is 422 g/mol. The fraction of sp³-hybridized carbons (Fsp3) is 0.615. The number of hydrogen-bond acceptors (Lipinski definition) is 3. The van der Waals surface area contributed by atoms with E-state index in [1.165, 1.54) is 17.7 Å². The van der Waals surface area contributed by atoms with Crippen LogP contribution in [-0.2, 0) is 11.2 Å². The number of benzene rings is 1. The fourth-order valence-electron chi connectivity index (χ4n) is 6.28. The highest BCUT2D eigenvalue weighted by Gasteiger charge is 2.51. The Morgan fingerprint density at radius 3 is 2.58 bits per heavy atom. The molecule has 2 atom stereocenters. The zero-order valence-corrected chi connectivity index (χ0v) is 19.1. The van der Waals surface area contributed by atoms with Gasteiger partial charge in [-0.05, 0) is 67.1 Å². The predicted molar refractivity (Wildman–Crippen MR) is 123 cm³/mol. The maximum absolute atomic E-state index is 13.1. The fourth-order valence-corrected chi connectivity index (χ4v) is 6.28. The monoisotopic (exact) mass is 421 g/mol. The van der Waals surface area contributed by atoms with E-state index >= 15 is 0 Å². The SMILES string of the molecule is CCc1cccc(N2C(=O)CN(C3CCN(CC4=CC[C@H]5C[C@@H]4C5(C)C)CC3)C2=O)c1. The second-order valence-electron chi connectivity index (χ2n) is 10.5. The van der Waals surface area contributed by atoms with E-state index in [-0.39, 0.29) is 24.5 Å². The maximum Gasteiger partial charge on any atom is 0.332 e. The van der Waals surface area contributed by atoms with Crippen molar-refractivity contribution < 1.29 is 9.59 Å². The summed E-state index contributed by atoms with van der Waals surface area (Å²) in [5, 5.41) is 0. The number of carbonyl (C=O) groups excluding carboxylic acids is 2. The van der Waals surface area contributed by atoms with E-state index in [1.54, 1.807) is 5.57 Å². The highest BCUT2D eigenvalue weighted by atomic mass is 16.2. The summed E-state index contributed by atoms with van der Waals surface area (Å²) in [5.74, 6) is 1.54. The van der Waals surface area contributed by atoms with Crippen LogP contribution in [0.15, 0.2) is 35.9 Å². The molecule has 3 aliphatic carbocycles. The molecule has 3 fully saturated rings. The summed E-state index contributed by atoms with van der Waals surface area (Å²) in [6, 6.07) is 7.82. The van der Waals surface area contributed by atoms with Crippen molar-refractivity contribution in [1.82, 2.24) is 9.80 Å². The van der Waals surface area contributed by atoms with Crippen LogP contribution in [0.3, 0.4) is 0 Å². The summed E-state index contributed by atoms with van der Waals surface area (Å²) < 4.78 is 0. The van der Waals surface area contributed by atoms with Gasteiger partial charge in [-0.2, -0.15) is 0 Å². The Balaban J connectivity index is 1.20. The molecule has 2 bridgehead atoms. The summed E-state index contributed by atoms with van der Waals surface area (Å²) in [4.78, 5) is 31.6. The molecule has 0 radical (unpaired) electrons. The number of fused-ring (bicyclic) bond motifs is 1. The molecule has 1 aromatic carbocycles. The number of anilines is 1. The van der Waals surface area contributed by atoms with Crippen LogP contribution in [0.5, 0.6) is 0 Å². The van der Waals surface area contributed by atoms with Crippen LogP contribution < -0.4 is 4.90 Å². The number of aryl methyl sites for hydroxylation is 1. The average Bonchev–Trinajstić information content (AvgIpc) is 3.08. The summed E-state index contributed by atoms with van der Waals surface area (Å²) in [6.07, 6.45) is 7.91. The summed E-state index contributed by atoms with van der Waals surface area (Å²) >= 11 is 0. The van der Waals surface area contributed by atoms with Crippen molar-refractivity contribution in [2.75, 3.05) is 31.1 Å². The number of amides is 3. The Hall–Kier alpha value is -2.14. The van der Waals surface area contributed by atoms with E-state index in [0.717, 1.165) is 56.3 Å². The summed E-state index contributed by atoms with van der Waals surface area (Å²) in [6.45, 7) is 10.2. The van der Waals surface area contributed by atoms with Gasteiger partial charge in [-0.15, -0.1) is 0 Å².